The van der Waals surface area contributed by atoms with E-state index in [1.54, 1.807) is 14.2 Å². The summed E-state index contributed by atoms with van der Waals surface area (Å²) in [5.74, 6) is 1.78. The van der Waals surface area contributed by atoms with Crippen LogP contribution in [0.25, 0.3) is 0 Å². The minimum Gasteiger partial charge on any atom is -0.491 e. The Morgan fingerprint density at radius 2 is 1.77 bits per heavy atom. The van der Waals surface area contributed by atoms with Crippen LogP contribution in [0, 0.1) is 0 Å². The Bertz CT molecular complexity index is 1070. The van der Waals surface area contributed by atoms with Crippen molar-refractivity contribution in [3.63, 3.8) is 0 Å². The van der Waals surface area contributed by atoms with Crippen LogP contribution in [0.3, 0.4) is 0 Å². The number of anilines is 1. The molecule has 2 aromatic carbocycles. The van der Waals surface area contributed by atoms with Crippen LogP contribution in [0.2, 0.25) is 0 Å². The van der Waals surface area contributed by atoms with Crippen LogP contribution in [-0.2, 0) is 42.5 Å². The topological polar surface area (TPSA) is 79.9 Å². The van der Waals surface area contributed by atoms with E-state index in [1.165, 1.54) is 0 Å². The lowest BCUT2D eigenvalue weighted by Gasteiger charge is -2.43. The number of nitrogens with zero attached hydrogens (tertiary/aromatic N) is 1. The molecule has 1 spiro atoms. The van der Waals surface area contributed by atoms with Gasteiger partial charge in [-0.2, -0.15) is 0 Å². The first-order chi connectivity index (χ1) is 19.2. The van der Waals surface area contributed by atoms with Gasteiger partial charge in [0.1, 0.15) is 36.4 Å². The van der Waals surface area contributed by atoms with E-state index in [-0.39, 0.29) is 6.10 Å². The van der Waals surface area contributed by atoms with Gasteiger partial charge in [0.05, 0.1) is 45.3 Å². The number of hydrogen-bond acceptors (Lipinski definition) is 9. The van der Waals surface area contributed by atoms with Gasteiger partial charge in [-0.1, -0.05) is 18.2 Å². The van der Waals surface area contributed by atoms with Gasteiger partial charge in [-0.15, -0.1) is 0 Å². The minimum absolute atomic E-state index is 0.166. The average molecular weight is 543 g/mol. The van der Waals surface area contributed by atoms with E-state index in [2.05, 4.69) is 46.6 Å². The van der Waals surface area contributed by atoms with Crippen LogP contribution in [0.4, 0.5) is 5.69 Å². The van der Waals surface area contributed by atoms with E-state index in [0.717, 1.165) is 73.0 Å². The molecule has 214 valence electrons. The lowest BCUT2D eigenvalue weighted by atomic mass is 9.81. The van der Waals surface area contributed by atoms with Crippen molar-refractivity contribution in [2.45, 2.75) is 37.8 Å². The highest BCUT2D eigenvalue weighted by atomic mass is 16.6. The summed E-state index contributed by atoms with van der Waals surface area (Å²) >= 11 is 0. The molecule has 2 aromatic rings. The van der Waals surface area contributed by atoms with Gasteiger partial charge >= 0.3 is 0 Å². The van der Waals surface area contributed by atoms with Crippen molar-refractivity contribution in [1.82, 2.24) is 5.32 Å². The molecule has 0 bridgehead atoms. The number of benzene rings is 2. The molecule has 9 heteroatoms. The van der Waals surface area contributed by atoms with Crippen LogP contribution >= 0.6 is 0 Å². The third-order valence-electron chi connectivity index (χ3n) is 7.64. The zero-order chi connectivity index (χ0) is 26.9. The predicted molar refractivity (Wildman–Crippen MR) is 148 cm³/mol. The Morgan fingerprint density at radius 1 is 0.923 bits per heavy atom. The molecule has 5 rings (SSSR count). The Hall–Kier alpha value is -2.40. The molecule has 0 radical (unpaired) electrons. The monoisotopic (exact) mass is 542 g/mol. The largest absolute Gasteiger partial charge is 0.491 e. The first-order valence-electron chi connectivity index (χ1n) is 14.0. The van der Waals surface area contributed by atoms with Gasteiger partial charge in [0, 0.05) is 39.5 Å². The maximum absolute atomic E-state index is 6.66. The van der Waals surface area contributed by atoms with Crippen molar-refractivity contribution < 1.29 is 33.2 Å². The molecule has 2 atom stereocenters. The van der Waals surface area contributed by atoms with Crippen molar-refractivity contribution >= 4 is 5.69 Å². The van der Waals surface area contributed by atoms with E-state index in [0.29, 0.717) is 52.8 Å². The lowest BCUT2D eigenvalue weighted by Crippen LogP contribution is -2.54. The van der Waals surface area contributed by atoms with Crippen molar-refractivity contribution in [3.8, 4) is 11.5 Å². The second-order valence-corrected chi connectivity index (χ2v) is 10.2. The molecule has 3 heterocycles. The SMILES string of the molecule is COCCCN1CCOc2ccc(CO[C@H]3CNCCC34OCCOc3cc(COCCOC)ccc34)cc21. The second-order valence-electron chi connectivity index (χ2n) is 10.2. The highest BCUT2D eigenvalue weighted by Gasteiger charge is 2.47. The number of methoxy groups -OCH3 is 2. The molecule has 1 saturated heterocycles. The Morgan fingerprint density at radius 3 is 2.67 bits per heavy atom. The van der Waals surface area contributed by atoms with Crippen LogP contribution in [0.15, 0.2) is 36.4 Å². The van der Waals surface area contributed by atoms with Crippen molar-refractivity contribution in [1.29, 1.82) is 0 Å². The molecule has 9 nitrogen and oxygen atoms in total. The van der Waals surface area contributed by atoms with Gasteiger partial charge in [-0.3, -0.25) is 0 Å². The van der Waals surface area contributed by atoms with Gasteiger partial charge in [0.15, 0.2) is 0 Å². The summed E-state index contributed by atoms with van der Waals surface area (Å²) < 4.78 is 41.4. The highest BCUT2D eigenvalue weighted by Crippen LogP contribution is 2.44. The third-order valence-corrected chi connectivity index (χ3v) is 7.64. The zero-order valence-electron chi connectivity index (χ0n) is 23.2. The van der Waals surface area contributed by atoms with Gasteiger partial charge in [0.2, 0.25) is 0 Å². The van der Waals surface area contributed by atoms with E-state index < -0.39 is 5.60 Å². The number of ether oxygens (including phenoxy) is 7. The van der Waals surface area contributed by atoms with Crippen molar-refractivity contribution in [3.05, 3.63) is 53.1 Å². The molecular weight excluding hydrogens is 500 g/mol. The summed E-state index contributed by atoms with van der Waals surface area (Å²) in [6.07, 6.45) is 1.62. The van der Waals surface area contributed by atoms with E-state index in [9.17, 15) is 0 Å². The molecule has 0 aliphatic carbocycles. The first-order valence-corrected chi connectivity index (χ1v) is 14.0. The predicted octanol–water partition coefficient (Wildman–Crippen LogP) is 3.27. The number of fused-ring (bicyclic) bond motifs is 3. The number of hydrogen-bond donors (Lipinski definition) is 1. The van der Waals surface area contributed by atoms with Gasteiger partial charge in [0.25, 0.3) is 0 Å². The van der Waals surface area contributed by atoms with Crippen LogP contribution in [0.1, 0.15) is 29.5 Å². The van der Waals surface area contributed by atoms with Gasteiger partial charge in [-0.25, -0.2) is 0 Å². The number of nitrogens with one attached hydrogen (secondary N) is 1. The first kappa shape index (κ1) is 28.1. The van der Waals surface area contributed by atoms with Crippen LogP contribution < -0.4 is 19.7 Å². The molecule has 1 unspecified atom stereocenters. The number of piperidine rings is 1. The number of rotatable bonds is 12. The summed E-state index contributed by atoms with van der Waals surface area (Å²) in [5, 5.41) is 3.51. The molecule has 3 aliphatic rings. The summed E-state index contributed by atoms with van der Waals surface area (Å²) in [7, 11) is 3.42. The quantitative estimate of drug-likeness (QED) is 0.407. The average Bonchev–Trinajstić information content (AvgIpc) is 3.14. The van der Waals surface area contributed by atoms with Crippen LogP contribution in [0.5, 0.6) is 11.5 Å². The summed E-state index contributed by atoms with van der Waals surface area (Å²) in [5.41, 5.74) is 3.79. The van der Waals surface area contributed by atoms with E-state index in [4.69, 9.17) is 33.2 Å². The van der Waals surface area contributed by atoms with Crippen LogP contribution in [-0.4, -0.2) is 86.1 Å². The highest BCUT2D eigenvalue weighted by molar-refractivity contribution is 5.61. The van der Waals surface area contributed by atoms with E-state index in [1.807, 2.05) is 0 Å². The smallest absolute Gasteiger partial charge is 0.142 e. The van der Waals surface area contributed by atoms with Gasteiger partial charge in [-0.05, 0) is 48.7 Å². The maximum atomic E-state index is 6.66. The molecule has 1 fully saturated rings. The summed E-state index contributed by atoms with van der Waals surface area (Å²) in [4.78, 5) is 2.38. The summed E-state index contributed by atoms with van der Waals surface area (Å²) in [6.45, 7) is 7.98. The molecule has 39 heavy (non-hydrogen) atoms. The fourth-order valence-corrected chi connectivity index (χ4v) is 5.65. The Balaban J connectivity index is 1.31. The zero-order valence-corrected chi connectivity index (χ0v) is 23.2. The van der Waals surface area contributed by atoms with Crippen molar-refractivity contribution in [2.24, 2.45) is 0 Å². The molecule has 3 aliphatic heterocycles. The molecule has 0 aromatic heterocycles. The third kappa shape index (κ3) is 6.67. The molecule has 0 saturated carbocycles. The normalized spacial score (nSPS) is 22.5. The van der Waals surface area contributed by atoms with Gasteiger partial charge < -0.3 is 43.4 Å². The fourth-order valence-electron chi connectivity index (χ4n) is 5.65. The standard InChI is InChI=1S/C30H42N2O7/c1-33-12-3-10-32-11-13-36-27-7-5-23(18-26(27)32)22-38-29-20-31-9-8-30(29)25-6-4-24(21-35-15-14-34-2)19-28(25)37-16-17-39-30/h4-7,18-19,29,31H,3,8-17,20-22H2,1-2H3/t29-,30?/m0/s1. The summed E-state index contributed by atoms with van der Waals surface area (Å²) in [6, 6.07) is 12.7. The molecular formula is C30H42N2O7. The molecule has 0 amide bonds. The minimum atomic E-state index is -0.573. The Kier molecular flexibility index (Phi) is 9.95. The fraction of sp³-hybridized carbons (Fsp3) is 0.600. The molecule has 1 N–H and O–H groups in total. The maximum Gasteiger partial charge on any atom is 0.142 e. The van der Waals surface area contributed by atoms with Crippen molar-refractivity contribution in [2.75, 3.05) is 84.9 Å². The Labute approximate surface area is 231 Å². The second kappa shape index (κ2) is 13.8. The van der Waals surface area contributed by atoms with E-state index >= 15 is 0 Å². The lowest BCUT2D eigenvalue weighted by molar-refractivity contribution is -0.168.